The van der Waals surface area contributed by atoms with Crippen molar-refractivity contribution in [3.05, 3.63) is 77.5 Å². The van der Waals surface area contributed by atoms with Gasteiger partial charge in [-0.15, -0.1) is 5.23 Å². The van der Waals surface area contributed by atoms with Gasteiger partial charge in [-0.3, -0.25) is 14.7 Å². The van der Waals surface area contributed by atoms with Crippen molar-refractivity contribution in [2.75, 3.05) is 16.1 Å². The summed E-state index contributed by atoms with van der Waals surface area (Å²) < 4.78 is 34.2. The maximum Gasteiger partial charge on any atom is 0.264 e. The Morgan fingerprint density at radius 3 is 2.30 bits per heavy atom. The molecule has 33 heavy (non-hydrogen) atoms. The van der Waals surface area contributed by atoms with E-state index in [0.717, 1.165) is 11.1 Å². The maximum absolute atomic E-state index is 13.5. The first-order valence-corrected chi connectivity index (χ1v) is 12.0. The van der Waals surface area contributed by atoms with Crippen LogP contribution in [0.15, 0.2) is 65.7 Å². The van der Waals surface area contributed by atoms with E-state index in [2.05, 4.69) is 4.98 Å². The predicted octanol–water partition coefficient (Wildman–Crippen LogP) is 4.71. The normalized spacial score (nSPS) is 11.5. The molecule has 1 heterocycles. The number of hydrogen-bond donors (Lipinski definition) is 2. The summed E-state index contributed by atoms with van der Waals surface area (Å²) in [6, 6.07) is 15.2. The molecule has 0 bridgehead atoms. The van der Waals surface area contributed by atoms with Gasteiger partial charge in [0, 0.05) is 12.7 Å². The SMILES string of the molecule is Cc1ccc(N(CC(C)C)S(=O)(=O)c2ccc(OCc3ccnc(N(O)O)c3)cc2)c(C)c1. The average molecular weight is 472 g/mol. The molecule has 3 aromatic rings. The summed E-state index contributed by atoms with van der Waals surface area (Å²) in [4.78, 5) is 3.98. The molecule has 0 aliphatic carbocycles. The van der Waals surface area contributed by atoms with E-state index in [-0.39, 0.29) is 28.5 Å². The fourth-order valence-corrected chi connectivity index (χ4v) is 5.10. The smallest absolute Gasteiger partial charge is 0.264 e. The average Bonchev–Trinajstić information content (AvgIpc) is 2.77. The Morgan fingerprint density at radius 1 is 1.00 bits per heavy atom. The number of benzene rings is 2. The molecule has 0 radical (unpaired) electrons. The predicted molar refractivity (Wildman–Crippen MR) is 126 cm³/mol. The Balaban J connectivity index is 1.81. The Kier molecular flexibility index (Phi) is 7.57. The number of sulfonamides is 1. The number of ether oxygens (including phenoxy) is 1. The fourth-order valence-electron chi connectivity index (χ4n) is 3.40. The Hall–Kier alpha value is -3.14. The molecule has 0 fully saturated rings. The lowest BCUT2D eigenvalue weighted by Crippen LogP contribution is -2.34. The van der Waals surface area contributed by atoms with Crippen LogP contribution in [0.2, 0.25) is 0 Å². The second-order valence-corrected chi connectivity index (χ2v) is 10.2. The minimum absolute atomic E-state index is 0.0332. The molecule has 9 heteroatoms. The minimum atomic E-state index is -3.78. The highest BCUT2D eigenvalue weighted by Gasteiger charge is 2.27. The molecule has 176 valence electrons. The van der Waals surface area contributed by atoms with Crippen molar-refractivity contribution in [1.82, 2.24) is 4.98 Å². The quantitative estimate of drug-likeness (QED) is 0.436. The molecule has 0 unspecified atom stereocenters. The molecule has 2 aromatic carbocycles. The van der Waals surface area contributed by atoms with Crippen molar-refractivity contribution in [1.29, 1.82) is 0 Å². The second-order valence-electron chi connectivity index (χ2n) is 8.29. The summed E-state index contributed by atoms with van der Waals surface area (Å²) in [6.45, 7) is 8.38. The molecular formula is C24H29N3O5S. The van der Waals surface area contributed by atoms with Crippen LogP contribution in [0.4, 0.5) is 11.5 Å². The molecule has 2 N–H and O–H groups in total. The van der Waals surface area contributed by atoms with Crippen molar-refractivity contribution in [2.45, 2.75) is 39.2 Å². The molecule has 3 rings (SSSR count). The van der Waals surface area contributed by atoms with E-state index >= 15 is 0 Å². The van der Waals surface area contributed by atoms with Crippen LogP contribution in [-0.4, -0.2) is 30.4 Å². The van der Waals surface area contributed by atoms with Crippen LogP contribution >= 0.6 is 0 Å². The highest BCUT2D eigenvalue weighted by atomic mass is 32.2. The van der Waals surface area contributed by atoms with Crippen LogP contribution in [-0.2, 0) is 16.6 Å². The zero-order valence-electron chi connectivity index (χ0n) is 19.1. The number of rotatable bonds is 9. The number of hydrogen-bond acceptors (Lipinski definition) is 7. The third kappa shape index (κ3) is 6.01. The van der Waals surface area contributed by atoms with Gasteiger partial charge in [0.2, 0.25) is 0 Å². The molecule has 0 aliphatic heterocycles. The first-order valence-electron chi connectivity index (χ1n) is 10.5. The van der Waals surface area contributed by atoms with Crippen molar-refractivity contribution < 1.29 is 23.6 Å². The summed E-state index contributed by atoms with van der Waals surface area (Å²) in [5, 5.41) is 18.1. The molecule has 1 aromatic heterocycles. The summed E-state index contributed by atoms with van der Waals surface area (Å²) in [5.74, 6) is 0.593. The van der Waals surface area contributed by atoms with Crippen LogP contribution in [0, 0.1) is 19.8 Å². The Bertz CT molecular complexity index is 1190. The molecular weight excluding hydrogens is 442 g/mol. The Labute approximate surface area is 194 Å². The monoisotopic (exact) mass is 471 g/mol. The highest BCUT2D eigenvalue weighted by molar-refractivity contribution is 7.92. The lowest BCUT2D eigenvalue weighted by molar-refractivity contribution is 0.0267. The lowest BCUT2D eigenvalue weighted by atomic mass is 10.1. The van der Waals surface area contributed by atoms with E-state index in [1.807, 2.05) is 45.9 Å². The van der Waals surface area contributed by atoms with Crippen LogP contribution in [0.25, 0.3) is 0 Å². The molecule has 0 aliphatic rings. The molecule has 8 nitrogen and oxygen atoms in total. The number of nitrogens with zero attached hydrogens (tertiary/aromatic N) is 3. The van der Waals surface area contributed by atoms with Gasteiger partial charge in [-0.2, -0.15) is 0 Å². The van der Waals surface area contributed by atoms with Crippen LogP contribution < -0.4 is 14.3 Å². The van der Waals surface area contributed by atoms with Gasteiger partial charge in [0.25, 0.3) is 10.0 Å². The third-order valence-electron chi connectivity index (χ3n) is 4.98. The molecule has 0 amide bonds. The van der Waals surface area contributed by atoms with E-state index in [4.69, 9.17) is 15.2 Å². The van der Waals surface area contributed by atoms with Crippen LogP contribution in [0.5, 0.6) is 5.75 Å². The van der Waals surface area contributed by atoms with Gasteiger partial charge in [0.15, 0.2) is 5.82 Å². The molecule has 0 saturated heterocycles. The Morgan fingerprint density at radius 2 is 1.70 bits per heavy atom. The number of aromatic nitrogens is 1. The second kappa shape index (κ2) is 10.2. The van der Waals surface area contributed by atoms with E-state index < -0.39 is 10.0 Å². The standard InChI is InChI=1S/C24H29N3O5S/c1-17(2)15-26(23-10-5-18(3)13-19(23)4)33(30,31)22-8-6-21(7-9-22)32-16-20-11-12-25-24(14-20)27(28)29/h5-14,17,28-29H,15-16H2,1-4H3. The summed E-state index contributed by atoms with van der Waals surface area (Å²) >= 11 is 0. The van der Waals surface area contributed by atoms with Crippen LogP contribution in [0.3, 0.4) is 0 Å². The van der Waals surface area contributed by atoms with E-state index in [9.17, 15) is 8.42 Å². The molecule has 0 saturated carbocycles. The summed E-state index contributed by atoms with van der Waals surface area (Å²) in [6.07, 6.45) is 1.43. The first kappa shape index (κ1) is 24.5. The zero-order valence-corrected chi connectivity index (χ0v) is 20.0. The van der Waals surface area contributed by atoms with Crippen molar-refractivity contribution in [3.63, 3.8) is 0 Å². The minimum Gasteiger partial charge on any atom is -0.489 e. The topological polar surface area (TPSA) is 103 Å². The first-order chi connectivity index (χ1) is 15.6. The lowest BCUT2D eigenvalue weighted by Gasteiger charge is -2.28. The third-order valence-corrected chi connectivity index (χ3v) is 6.78. The van der Waals surface area contributed by atoms with Gasteiger partial charge < -0.3 is 4.74 Å². The van der Waals surface area contributed by atoms with Gasteiger partial charge in [-0.25, -0.2) is 13.4 Å². The highest BCUT2D eigenvalue weighted by Crippen LogP contribution is 2.29. The number of aryl methyl sites for hydroxylation is 2. The largest absolute Gasteiger partial charge is 0.489 e. The van der Waals surface area contributed by atoms with E-state index in [0.29, 0.717) is 23.5 Å². The number of pyridine rings is 1. The van der Waals surface area contributed by atoms with E-state index in [1.165, 1.54) is 28.7 Å². The van der Waals surface area contributed by atoms with Crippen LogP contribution in [0.1, 0.15) is 30.5 Å². The van der Waals surface area contributed by atoms with Crippen molar-refractivity contribution in [3.8, 4) is 5.75 Å². The maximum atomic E-state index is 13.5. The van der Waals surface area contributed by atoms with Gasteiger partial charge in [0.05, 0.1) is 10.6 Å². The van der Waals surface area contributed by atoms with Gasteiger partial charge in [-0.1, -0.05) is 31.5 Å². The fraction of sp³-hybridized carbons (Fsp3) is 0.292. The van der Waals surface area contributed by atoms with E-state index in [1.54, 1.807) is 18.2 Å². The summed E-state index contributed by atoms with van der Waals surface area (Å²) in [7, 11) is -3.78. The van der Waals surface area contributed by atoms with Gasteiger partial charge in [0.1, 0.15) is 12.4 Å². The molecule has 0 spiro atoms. The zero-order chi connectivity index (χ0) is 24.2. The molecule has 0 atom stereocenters. The summed E-state index contributed by atoms with van der Waals surface area (Å²) in [5.41, 5.74) is 3.32. The van der Waals surface area contributed by atoms with Gasteiger partial charge in [-0.05, 0) is 73.4 Å². The van der Waals surface area contributed by atoms with Crippen molar-refractivity contribution in [2.24, 2.45) is 5.92 Å². The van der Waals surface area contributed by atoms with Crippen molar-refractivity contribution >= 4 is 21.5 Å². The van der Waals surface area contributed by atoms with Gasteiger partial charge >= 0.3 is 0 Å². The number of anilines is 2.